The van der Waals surface area contributed by atoms with Crippen LogP contribution in [-0.2, 0) is 11.2 Å². The number of ether oxygens (including phenoxy) is 3. The minimum Gasteiger partial charge on any atom is -0.494 e. The van der Waals surface area contributed by atoms with Crippen LogP contribution in [0.2, 0.25) is 0 Å². The Morgan fingerprint density at radius 3 is 2.13 bits per heavy atom. The molecule has 164 valence electrons. The second kappa shape index (κ2) is 13.8. The average molecular weight is 413 g/mol. The highest BCUT2D eigenvalue weighted by Crippen LogP contribution is 2.19. The SMILES string of the molecule is CCCCCCCCOc1ccc(OC(=O)c2ccc(CC(C)OCC)cc2)cc1. The fourth-order valence-corrected chi connectivity index (χ4v) is 3.29. The summed E-state index contributed by atoms with van der Waals surface area (Å²) in [6.45, 7) is 7.69. The molecule has 1 unspecified atom stereocenters. The summed E-state index contributed by atoms with van der Waals surface area (Å²) < 4.78 is 16.8. The minimum absolute atomic E-state index is 0.162. The lowest BCUT2D eigenvalue weighted by Crippen LogP contribution is -2.12. The van der Waals surface area contributed by atoms with Gasteiger partial charge < -0.3 is 14.2 Å². The molecule has 2 rings (SSSR count). The van der Waals surface area contributed by atoms with Gasteiger partial charge in [-0.2, -0.15) is 0 Å². The number of hydrogen-bond acceptors (Lipinski definition) is 4. The van der Waals surface area contributed by atoms with Crippen molar-refractivity contribution in [3.05, 3.63) is 59.7 Å². The van der Waals surface area contributed by atoms with Gasteiger partial charge in [-0.05, 0) is 68.7 Å². The maximum atomic E-state index is 12.4. The van der Waals surface area contributed by atoms with Gasteiger partial charge in [-0.3, -0.25) is 0 Å². The van der Waals surface area contributed by atoms with Gasteiger partial charge >= 0.3 is 5.97 Å². The van der Waals surface area contributed by atoms with E-state index in [4.69, 9.17) is 14.2 Å². The summed E-state index contributed by atoms with van der Waals surface area (Å²) in [5.74, 6) is 0.956. The second-order valence-corrected chi connectivity index (χ2v) is 7.64. The molecule has 30 heavy (non-hydrogen) atoms. The lowest BCUT2D eigenvalue weighted by Gasteiger charge is -2.11. The Labute approximate surface area is 181 Å². The third-order valence-corrected chi connectivity index (χ3v) is 4.96. The van der Waals surface area contributed by atoms with Crippen LogP contribution < -0.4 is 9.47 Å². The number of esters is 1. The van der Waals surface area contributed by atoms with E-state index in [9.17, 15) is 4.79 Å². The number of unbranched alkanes of at least 4 members (excludes halogenated alkanes) is 5. The van der Waals surface area contributed by atoms with Crippen LogP contribution in [0.25, 0.3) is 0 Å². The number of carbonyl (C=O) groups is 1. The third-order valence-electron chi connectivity index (χ3n) is 4.96. The van der Waals surface area contributed by atoms with Crippen LogP contribution >= 0.6 is 0 Å². The summed E-state index contributed by atoms with van der Waals surface area (Å²) in [4.78, 5) is 12.4. The molecule has 0 N–H and O–H groups in total. The van der Waals surface area contributed by atoms with E-state index in [1.54, 1.807) is 24.3 Å². The van der Waals surface area contributed by atoms with Gasteiger partial charge in [0.25, 0.3) is 0 Å². The molecule has 0 saturated heterocycles. The predicted octanol–water partition coefficient (Wildman–Crippen LogP) is 6.61. The van der Waals surface area contributed by atoms with Gasteiger partial charge in [-0.1, -0.05) is 51.2 Å². The highest BCUT2D eigenvalue weighted by Gasteiger charge is 2.10. The number of hydrogen-bond donors (Lipinski definition) is 0. The Morgan fingerprint density at radius 2 is 1.47 bits per heavy atom. The summed E-state index contributed by atoms with van der Waals surface area (Å²) >= 11 is 0. The van der Waals surface area contributed by atoms with E-state index in [0.717, 1.165) is 30.8 Å². The zero-order valence-electron chi connectivity index (χ0n) is 18.7. The van der Waals surface area contributed by atoms with Crippen LogP contribution in [0.4, 0.5) is 0 Å². The molecule has 0 aliphatic carbocycles. The predicted molar refractivity (Wildman–Crippen MR) is 122 cm³/mol. The van der Waals surface area contributed by atoms with Crippen LogP contribution in [0.5, 0.6) is 11.5 Å². The van der Waals surface area contributed by atoms with Gasteiger partial charge in [0.05, 0.1) is 18.3 Å². The second-order valence-electron chi connectivity index (χ2n) is 7.64. The van der Waals surface area contributed by atoms with Crippen molar-refractivity contribution in [1.29, 1.82) is 0 Å². The topological polar surface area (TPSA) is 44.8 Å². The number of rotatable bonds is 14. The maximum Gasteiger partial charge on any atom is 0.343 e. The first-order chi connectivity index (χ1) is 14.6. The molecule has 0 spiro atoms. The van der Waals surface area contributed by atoms with Gasteiger partial charge in [0.2, 0.25) is 0 Å². The van der Waals surface area contributed by atoms with Crippen LogP contribution in [0, 0.1) is 0 Å². The first-order valence-corrected chi connectivity index (χ1v) is 11.3. The van der Waals surface area contributed by atoms with Gasteiger partial charge in [0.1, 0.15) is 11.5 Å². The molecule has 0 fully saturated rings. The average Bonchev–Trinajstić information content (AvgIpc) is 2.75. The molecule has 0 heterocycles. The summed E-state index contributed by atoms with van der Waals surface area (Å²) in [5.41, 5.74) is 1.67. The summed E-state index contributed by atoms with van der Waals surface area (Å²) in [5, 5.41) is 0. The molecule has 0 amide bonds. The fourth-order valence-electron chi connectivity index (χ4n) is 3.29. The zero-order chi connectivity index (χ0) is 21.6. The van der Waals surface area contributed by atoms with Crippen molar-refractivity contribution < 1.29 is 19.0 Å². The molecule has 2 aromatic carbocycles. The van der Waals surface area contributed by atoms with Crippen molar-refractivity contribution in [1.82, 2.24) is 0 Å². The number of benzene rings is 2. The molecule has 0 saturated carbocycles. The fraction of sp³-hybridized carbons (Fsp3) is 0.500. The standard InChI is InChI=1S/C26H36O4/c1-4-6-7-8-9-10-19-29-24-15-17-25(18-16-24)30-26(27)23-13-11-22(12-14-23)20-21(3)28-5-2/h11-18,21H,4-10,19-20H2,1-3H3. The molecule has 0 radical (unpaired) electrons. The Hall–Kier alpha value is -2.33. The van der Waals surface area contributed by atoms with Crippen molar-refractivity contribution in [2.75, 3.05) is 13.2 Å². The largest absolute Gasteiger partial charge is 0.494 e. The molecule has 0 aliphatic rings. The van der Waals surface area contributed by atoms with E-state index in [1.165, 1.54) is 32.1 Å². The molecule has 4 heteroatoms. The molecule has 0 bridgehead atoms. The highest BCUT2D eigenvalue weighted by atomic mass is 16.5. The highest BCUT2D eigenvalue weighted by molar-refractivity contribution is 5.91. The van der Waals surface area contributed by atoms with Crippen molar-refractivity contribution >= 4 is 5.97 Å². The first kappa shape index (κ1) is 23.9. The van der Waals surface area contributed by atoms with Gasteiger partial charge in [0.15, 0.2) is 0 Å². The van der Waals surface area contributed by atoms with Crippen molar-refractivity contribution in [2.24, 2.45) is 0 Å². The van der Waals surface area contributed by atoms with Gasteiger partial charge in [0, 0.05) is 6.61 Å². The van der Waals surface area contributed by atoms with E-state index in [2.05, 4.69) is 6.92 Å². The maximum absolute atomic E-state index is 12.4. The molecule has 4 nitrogen and oxygen atoms in total. The van der Waals surface area contributed by atoms with Crippen LogP contribution in [0.1, 0.15) is 75.2 Å². The molecule has 1 atom stereocenters. The summed E-state index contributed by atoms with van der Waals surface area (Å²) in [6, 6.07) is 14.7. The van der Waals surface area contributed by atoms with Crippen LogP contribution in [0.3, 0.4) is 0 Å². The smallest absolute Gasteiger partial charge is 0.343 e. The molecular formula is C26H36O4. The summed E-state index contributed by atoms with van der Waals surface area (Å²) in [6.07, 6.45) is 8.44. The first-order valence-electron chi connectivity index (χ1n) is 11.3. The Kier molecular flexibility index (Phi) is 11.0. The van der Waals surface area contributed by atoms with Crippen molar-refractivity contribution in [2.45, 2.75) is 71.8 Å². The lowest BCUT2D eigenvalue weighted by molar-refractivity contribution is 0.0734. The zero-order valence-corrected chi connectivity index (χ0v) is 18.7. The Balaban J connectivity index is 1.74. The quantitative estimate of drug-likeness (QED) is 0.199. The Morgan fingerprint density at radius 1 is 0.833 bits per heavy atom. The van der Waals surface area contributed by atoms with E-state index < -0.39 is 0 Å². The Bertz CT molecular complexity index is 722. The normalized spacial score (nSPS) is 11.8. The van der Waals surface area contributed by atoms with E-state index >= 15 is 0 Å². The molecule has 0 aliphatic heterocycles. The van der Waals surface area contributed by atoms with Crippen molar-refractivity contribution in [3.63, 3.8) is 0 Å². The van der Waals surface area contributed by atoms with E-state index in [0.29, 0.717) is 17.9 Å². The molecular weight excluding hydrogens is 376 g/mol. The van der Waals surface area contributed by atoms with Gasteiger partial charge in [-0.25, -0.2) is 4.79 Å². The van der Waals surface area contributed by atoms with Gasteiger partial charge in [-0.15, -0.1) is 0 Å². The monoisotopic (exact) mass is 412 g/mol. The van der Waals surface area contributed by atoms with E-state index in [1.807, 2.05) is 38.1 Å². The third kappa shape index (κ3) is 9.00. The van der Waals surface area contributed by atoms with Crippen molar-refractivity contribution in [3.8, 4) is 11.5 Å². The van der Waals surface area contributed by atoms with E-state index in [-0.39, 0.29) is 12.1 Å². The van der Waals surface area contributed by atoms with Crippen LogP contribution in [0.15, 0.2) is 48.5 Å². The minimum atomic E-state index is -0.361. The lowest BCUT2D eigenvalue weighted by atomic mass is 10.1. The molecule has 2 aromatic rings. The van der Waals surface area contributed by atoms with Crippen LogP contribution in [-0.4, -0.2) is 25.3 Å². The number of carbonyl (C=O) groups excluding carboxylic acids is 1. The molecule has 0 aromatic heterocycles. The summed E-state index contributed by atoms with van der Waals surface area (Å²) in [7, 11) is 0.